The SMILES string of the molecule is CCOc1ccc(CCNc2nc(C(C)N3CCN(S(=O)(=O)c4ccc(OC)cc4)CC3)nc3ccccc23)cc1OCC. The molecule has 44 heavy (non-hydrogen) atoms. The second-order valence-electron chi connectivity index (χ2n) is 10.6. The molecular weight excluding hydrogens is 578 g/mol. The van der Waals surface area contributed by atoms with Gasteiger partial charge in [0.1, 0.15) is 17.4 Å². The van der Waals surface area contributed by atoms with E-state index in [1.807, 2.05) is 50.2 Å². The maximum absolute atomic E-state index is 13.2. The lowest BCUT2D eigenvalue weighted by Gasteiger charge is -2.36. The van der Waals surface area contributed by atoms with Crippen LogP contribution in [0, 0.1) is 0 Å². The zero-order chi connectivity index (χ0) is 31.1. The molecule has 0 radical (unpaired) electrons. The van der Waals surface area contributed by atoms with Gasteiger partial charge in [-0.15, -0.1) is 0 Å². The molecule has 3 aromatic carbocycles. The summed E-state index contributed by atoms with van der Waals surface area (Å²) in [5.41, 5.74) is 2.01. The zero-order valence-corrected chi connectivity index (χ0v) is 26.6. The van der Waals surface area contributed by atoms with Crippen LogP contribution in [0.15, 0.2) is 71.6 Å². The van der Waals surface area contributed by atoms with Crippen LogP contribution >= 0.6 is 0 Å². The van der Waals surface area contributed by atoms with E-state index in [9.17, 15) is 8.42 Å². The first-order valence-electron chi connectivity index (χ1n) is 15.1. The summed E-state index contributed by atoms with van der Waals surface area (Å²) in [7, 11) is -2.03. The second kappa shape index (κ2) is 14.2. The Kier molecular flexibility index (Phi) is 10.2. The molecule has 0 saturated carbocycles. The van der Waals surface area contributed by atoms with E-state index in [0.29, 0.717) is 57.5 Å². The summed E-state index contributed by atoms with van der Waals surface area (Å²) in [6.07, 6.45) is 0.778. The maximum Gasteiger partial charge on any atom is 0.243 e. The van der Waals surface area contributed by atoms with Crippen molar-refractivity contribution in [3.05, 3.63) is 78.1 Å². The molecule has 2 heterocycles. The van der Waals surface area contributed by atoms with Gasteiger partial charge in [0, 0.05) is 38.1 Å². The Balaban J connectivity index is 1.27. The number of rotatable bonds is 13. The van der Waals surface area contributed by atoms with E-state index in [2.05, 4.69) is 23.2 Å². The lowest BCUT2D eigenvalue weighted by atomic mass is 10.1. The Morgan fingerprint density at radius 3 is 2.30 bits per heavy atom. The summed E-state index contributed by atoms with van der Waals surface area (Å²) >= 11 is 0. The maximum atomic E-state index is 13.2. The predicted octanol–water partition coefficient (Wildman–Crippen LogP) is 5.16. The third-order valence-electron chi connectivity index (χ3n) is 7.83. The van der Waals surface area contributed by atoms with Crippen molar-refractivity contribution in [2.45, 2.75) is 38.1 Å². The van der Waals surface area contributed by atoms with Gasteiger partial charge in [-0.3, -0.25) is 4.90 Å². The van der Waals surface area contributed by atoms with Gasteiger partial charge in [-0.25, -0.2) is 18.4 Å². The van der Waals surface area contributed by atoms with Crippen molar-refractivity contribution in [2.24, 2.45) is 0 Å². The molecule has 1 unspecified atom stereocenters. The summed E-state index contributed by atoms with van der Waals surface area (Å²) < 4.78 is 44.7. The summed E-state index contributed by atoms with van der Waals surface area (Å²) in [6.45, 7) is 9.78. The number of nitrogens with zero attached hydrogens (tertiary/aromatic N) is 4. The van der Waals surface area contributed by atoms with E-state index in [4.69, 9.17) is 24.2 Å². The standard InChI is InChI=1S/C33H41N5O5S/c1-5-42-30-16-11-25(23-31(30)43-6-2)17-18-34-33-28-9-7-8-10-29(28)35-32(36-33)24(3)37-19-21-38(22-20-37)44(39,40)27-14-12-26(41-4)13-15-27/h7-16,23-24H,5-6,17-22H2,1-4H3,(H,34,35,36). The number of fused-ring (bicyclic) bond motifs is 1. The summed E-state index contributed by atoms with van der Waals surface area (Å²) in [5, 5.41) is 4.50. The molecule has 0 bridgehead atoms. The Hall–Kier alpha value is -3.93. The van der Waals surface area contributed by atoms with E-state index < -0.39 is 10.0 Å². The molecule has 4 aromatic rings. The van der Waals surface area contributed by atoms with E-state index in [0.717, 1.165) is 40.2 Å². The van der Waals surface area contributed by atoms with E-state index >= 15 is 0 Å². The molecule has 0 amide bonds. The van der Waals surface area contributed by atoms with Gasteiger partial charge in [-0.2, -0.15) is 4.31 Å². The number of hydrogen-bond acceptors (Lipinski definition) is 9. The molecule has 0 aliphatic carbocycles. The van der Waals surface area contributed by atoms with Crippen molar-refractivity contribution in [2.75, 3.05) is 58.4 Å². The van der Waals surface area contributed by atoms with Crippen molar-refractivity contribution in [3.8, 4) is 17.2 Å². The Labute approximate surface area is 260 Å². The Morgan fingerprint density at radius 2 is 1.59 bits per heavy atom. The van der Waals surface area contributed by atoms with Gasteiger partial charge in [0.15, 0.2) is 11.5 Å². The fourth-order valence-corrected chi connectivity index (χ4v) is 6.81. The first-order valence-corrected chi connectivity index (χ1v) is 16.5. The third kappa shape index (κ3) is 7.06. The number of para-hydroxylation sites is 1. The van der Waals surface area contributed by atoms with Crippen molar-refractivity contribution < 1.29 is 22.6 Å². The molecule has 1 atom stereocenters. The van der Waals surface area contributed by atoms with Crippen LogP contribution in [0.5, 0.6) is 17.2 Å². The van der Waals surface area contributed by atoms with Crippen molar-refractivity contribution in [1.29, 1.82) is 0 Å². The van der Waals surface area contributed by atoms with E-state index in [-0.39, 0.29) is 10.9 Å². The first-order chi connectivity index (χ1) is 21.3. The van der Waals surface area contributed by atoms with E-state index in [1.54, 1.807) is 35.7 Å². The third-order valence-corrected chi connectivity index (χ3v) is 9.74. The van der Waals surface area contributed by atoms with Crippen molar-refractivity contribution in [3.63, 3.8) is 0 Å². The van der Waals surface area contributed by atoms with Gasteiger partial charge < -0.3 is 19.5 Å². The molecule has 1 aromatic heterocycles. The topological polar surface area (TPSA) is 106 Å². The number of benzene rings is 3. The van der Waals surface area contributed by atoms with Crippen LogP contribution in [0.1, 0.15) is 38.2 Å². The Bertz CT molecular complexity index is 1660. The molecule has 1 aliphatic heterocycles. The number of hydrogen-bond donors (Lipinski definition) is 1. The fourth-order valence-electron chi connectivity index (χ4n) is 5.38. The highest BCUT2D eigenvalue weighted by atomic mass is 32.2. The van der Waals surface area contributed by atoms with Gasteiger partial charge in [0.2, 0.25) is 10.0 Å². The number of piperazine rings is 1. The molecule has 234 valence electrons. The summed E-state index contributed by atoms with van der Waals surface area (Å²) in [4.78, 5) is 12.4. The molecule has 1 N–H and O–H groups in total. The summed E-state index contributed by atoms with van der Waals surface area (Å²) in [5.74, 6) is 3.63. The molecular formula is C33H41N5O5S. The zero-order valence-electron chi connectivity index (χ0n) is 25.8. The number of methoxy groups -OCH3 is 1. The van der Waals surface area contributed by atoms with Gasteiger partial charge in [0.05, 0.1) is 36.8 Å². The number of nitrogens with one attached hydrogen (secondary N) is 1. The normalized spacial score (nSPS) is 15.2. The lowest BCUT2D eigenvalue weighted by Crippen LogP contribution is -2.49. The van der Waals surface area contributed by atoms with Crippen LogP contribution < -0.4 is 19.5 Å². The average Bonchev–Trinajstić information content (AvgIpc) is 3.05. The fraction of sp³-hybridized carbons (Fsp3) is 0.394. The molecule has 5 rings (SSSR count). The van der Waals surface area contributed by atoms with E-state index in [1.165, 1.54) is 0 Å². The molecule has 1 aliphatic rings. The van der Waals surface area contributed by atoms with Crippen LogP contribution in [0.3, 0.4) is 0 Å². The second-order valence-corrected chi connectivity index (χ2v) is 12.5. The monoisotopic (exact) mass is 619 g/mol. The lowest BCUT2D eigenvalue weighted by molar-refractivity contribution is 0.141. The van der Waals surface area contributed by atoms with Crippen LogP contribution in [0.2, 0.25) is 0 Å². The minimum Gasteiger partial charge on any atom is -0.497 e. The molecule has 1 fully saturated rings. The van der Waals surface area contributed by atoms with Gasteiger partial charge in [-0.1, -0.05) is 18.2 Å². The number of ether oxygens (including phenoxy) is 3. The van der Waals surface area contributed by atoms with Crippen LogP contribution in [-0.4, -0.2) is 80.6 Å². The smallest absolute Gasteiger partial charge is 0.243 e. The van der Waals surface area contributed by atoms with Gasteiger partial charge in [-0.05, 0) is 81.3 Å². The quantitative estimate of drug-likeness (QED) is 0.217. The minimum absolute atomic E-state index is 0.0918. The van der Waals surface area contributed by atoms with Crippen molar-refractivity contribution in [1.82, 2.24) is 19.2 Å². The van der Waals surface area contributed by atoms with Crippen LogP contribution in [0.25, 0.3) is 10.9 Å². The minimum atomic E-state index is -3.59. The molecule has 10 nitrogen and oxygen atoms in total. The largest absolute Gasteiger partial charge is 0.497 e. The molecule has 0 spiro atoms. The number of sulfonamides is 1. The van der Waals surface area contributed by atoms with Crippen molar-refractivity contribution >= 4 is 26.7 Å². The molecule has 1 saturated heterocycles. The Morgan fingerprint density at radius 1 is 0.886 bits per heavy atom. The highest BCUT2D eigenvalue weighted by Gasteiger charge is 2.31. The number of anilines is 1. The van der Waals surface area contributed by atoms with Gasteiger partial charge in [0.25, 0.3) is 0 Å². The summed E-state index contributed by atoms with van der Waals surface area (Å²) in [6, 6.07) is 20.5. The first kappa shape index (κ1) is 31.5. The van der Waals surface area contributed by atoms with Crippen LogP contribution in [-0.2, 0) is 16.4 Å². The van der Waals surface area contributed by atoms with Gasteiger partial charge >= 0.3 is 0 Å². The molecule has 11 heteroatoms. The highest BCUT2D eigenvalue weighted by molar-refractivity contribution is 7.89. The number of aromatic nitrogens is 2. The average molecular weight is 620 g/mol. The highest BCUT2D eigenvalue weighted by Crippen LogP contribution is 2.30. The van der Waals surface area contributed by atoms with Crippen LogP contribution in [0.4, 0.5) is 5.82 Å². The predicted molar refractivity (Wildman–Crippen MR) is 172 cm³/mol.